The molecule has 0 aliphatic heterocycles. The molecular formula is C13H15Cl2N3. The lowest BCUT2D eigenvalue weighted by atomic mass is 10.2. The molecule has 0 fully saturated rings. The maximum atomic E-state index is 6.21. The van der Waals surface area contributed by atoms with E-state index in [0.29, 0.717) is 10.0 Å². The van der Waals surface area contributed by atoms with Crippen LogP contribution in [0.4, 0.5) is 0 Å². The molecule has 0 aliphatic carbocycles. The van der Waals surface area contributed by atoms with Crippen LogP contribution in [0.5, 0.6) is 0 Å². The highest BCUT2D eigenvalue weighted by atomic mass is 35.5. The molecule has 0 saturated heterocycles. The first kappa shape index (κ1) is 13.4. The van der Waals surface area contributed by atoms with Gasteiger partial charge in [-0.15, -0.1) is 0 Å². The zero-order valence-corrected chi connectivity index (χ0v) is 11.9. The minimum atomic E-state index is 0.648. The molecule has 2 rings (SSSR count). The lowest BCUT2D eigenvalue weighted by molar-refractivity contribution is 0.696. The van der Waals surface area contributed by atoms with Crippen molar-refractivity contribution < 1.29 is 0 Å². The highest BCUT2D eigenvalue weighted by molar-refractivity contribution is 6.35. The van der Waals surface area contributed by atoms with Gasteiger partial charge in [-0.3, -0.25) is 0 Å². The molecule has 1 aromatic carbocycles. The van der Waals surface area contributed by atoms with E-state index in [4.69, 9.17) is 23.2 Å². The maximum Gasteiger partial charge on any atom is 0.0846 e. The van der Waals surface area contributed by atoms with Gasteiger partial charge < -0.3 is 5.32 Å². The summed E-state index contributed by atoms with van der Waals surface area (Å²) in [6.07, 6.45) is 1.89. The van der Waals surface area contributed by atoms with Gasteiger partial charge in [-0.1, -0.05) is 30.1 Å². The predicted octanol–water partition coefficient (Wildman–Crippen LogP) is 3.60. The average molecular weight is 284 g/mol. The summed E-state index contributed by atoms with van der Waals surface area (Å²) >= 11 is 12.3. The molecule has 96 valence electrons. The van der Waals surface area contributed by atoms with Crippen molar-refractivity contribution in [3.8, 4) is 5.69 Å². The van der Waals surface area contributed by atoms with Gasteiger partial charge in [0.2, 0.25) is 0 Å². The molecular weight excluding hydrogens is 269 g/mol. The zero-order chi connectivity index (χ0) is 13.1. The molecule has 2 aromatic rings. The van der Waals surface area contributed by atoms with Gasteiger partial charge in [-0.2, -0.15) is 5.10 Å². The lowest BCUT2D eigenvalue weighted by Crippen LogP contribution is -2.12. The van der Waals surface area contributed by atoms with E-state index in [9.17, 15) is 0 Å². The predicted molar refractivity (Wildman–Crippen MR) is 75.7 cm³/mol. The molecule has 0 amide bonds. The zero-order valence-electron chi connectivity index (χ0n) is 10.4. The Morgan fingerprint density at radius 1 is 1.28 bits per heavy atom. The van der Waals surface area contributed by atoms with Gasteiger partial charge in [0.05, 0.1) is 16.4 Å². The first-order valence-corrected chi connectivity index (χ1v) is 6.58. The van der Waals surface area contributed by atoms with Crippen LogP contribution >= 0.6 is 23.2 Å². The number of aryl methyl sites for hydroxylation is 1. The van der Waals surface area contributed by atoms with Crippen LogP contribution in [0.15, 0.2) is 24.4 Å². The highest BCUT2D eigenvalue weighted by Crippen LogP contribution is 2.27. The van der Waals surface area contributed by atoms with E-state index in [-0.39, 0.29) is 0 Å². The van der Waals surface area contributed by atoms with Gasteiger partial charge in [0.15, 0.2) is 0 Å². The lowest BCUT2D eigenvalue weighted by Gasteiger charge is -2.07. The monoisotopic (exact) mass is 283 g/mol. The van der Waals surface area contributed by atoms with Crippen LogP contribution in [0.25, 0.3) is 5.69 Å². The molecule has 0 spiro atoms. The summed E-state index contributed by atoms with van der Waals surface area (Å²) in [7, 11) is 0. The number of rotatable bonds is 4. The van der Waals surface area contributed by atoms with Crippen molar-refractivity contribution in [2.45, 2.75) is 20.4 Å². The van der Waals surface area contributed by atoms with Gasteiger partial charge in [-0.25, -0.2) is 4.68 Å². The molecule has 0 unspecified atom stereocenters. The number of nitrogens with one attached hydrogen (secondary N) is 1. The van der Waals surface area contributed by atoms with Gasteiger partial charge in [-0.05, 0) is 37.2 Å². The summed E-state index contributed by atoms with van der Waals surface area (Å²) in [5, 5.41) is 9.03. The summed E-state index contributed by atoms with van der Waals surface area (Å²) in [6, 6.07) is 5.65. The van der Waals surface area contributed by atoms with E-state index in [0.717, 1.165) is 30.0 Å². The number of benzene rings is 1. The largest absolute Gasteiger partial charge is 0.311 e. The van der Waals surface area contributed by atoms with Crippen molar-refractivity contribution >= 4 is 23.2 Å². The van der Waals surface area contributed by atoms with Gasteiger partial charge in [0, 0.05) is 17.8 Å². The van der Waals surface area contributed by atoms with Crippen LogP contribution < -0.4 is 5.32 Å². The number of hydrogen-bond donors (Lipinski definition) is 1. The highest BCUT2D eigenvalue weighted by Gasteiger charge is 2.08. The molecule has 0 atom stereocenters. The van der Waals surface area contributed by atoms with E-state index in [2.05, 4.69) is 17.3 Å². The van der Waals surface area contributed by atoms with Crippen molar-refractivity contribution in [3.05, 3.63) is 45.7 Å². The molecule has 1 N–H and O–H groups in total. The minimum Gasteiger partial charge on any atom is -0.311 e. The van der Waals surface area contributed by atoms with E-state index in [1.165, 1.54) is 0 Å². The average Bonchev–Trinajstić information content (AvgIpc) is 2.79. The first-order valence-electron chi connectivity index (χ1n) is 5.83. The third-order valence-corrected chi connectivity index (χ3v) is 3.39. The topological polar surface area (TPSA) is 29.9 Å². The fourth-order valence-electron chi connectivity index (χ4n) is 1.65. The Morgan fingerprint density at radius 2 is 2.06 bits per heavy atom. The van der Waals surface area contributed by atoms with Gasteiger partial charge in [0.1, 0.15) is 0 Å². The summed E-state index contributed by atoms with van der Waals surface area (Å²) in [6.45, 7) is 5.66. The smallest absolute Gasteiger partial charge is 0.0846 e. The molecule has 5 heteroatoms. The van der Waals surface area contributed by atoms with E-state index < -0.39 is 0 Å². The van der Waals surface area contributed by atoms with Gasteiger partial charge >= 0.3 is 0 Å². The van der Waals surface area contributed by atoms with Gasteiger partial charge in [0.25, 0.3) is 0 Å². The van der Waals surface area contributed by atoms with Crippen LogP contribution in [0, 0.1) is 6.92 Å². The molecule has 1 heterocycles. The van der Waals surface area contributed by atoms with Crippen LogP contribution in [0.3, 0.4) is 0 Å². The van der Waals surface area contributed by atoms with Crippen molar-refractivity contribution in [3.63, 3.8) is 0 Å². The van der Waals surface area contributed by atoms with Crippen LogP contribution in [-0.4, -0.2) is 16.3 Å². The fraction of sp³-hybridized carbons (Fsp3) is 0.308. The SMILES string of the molecule is CCNCc1ccn(-c2cc(Cl)c(C)cc2Cl)n1. The summed E-state index contributed by atoms with van der Waals surface area (Å²) in [5.74, 6) is 0. The van der Waals surface area contributed by atoms with Crippen LogP contribution in [0.2, 0.25) is 10.0 Å². The van der Waals surface area contributed by atoms with E-state index in [1.807, 2.05) is 31.3 Å². The minimum absolute atomic E-state index is 0.648. The summed E-state index contributed by atoms with van der Waals surface area (Å²) in [4.78, 5) is 0. The van der Waals surface area contributed by atoms with Crippen LogP contribution in [-0.2, 0) is 6.54 Å². The molecule has 1 aromatic heterocycles. The summed E-state index contributed by atoms with van der Waals surface area (Å²) < 4.78 is 1.75. The number of halogens is 2. The van der Waals surface area contributed by atoms with E-state index in [1.54, 1.807) is 4.68 Å². The molecule has 0 aliphatic rings. The molecule has 18 heavy (non-hydrogen) atoms. The van der Waals surface area contributed by atoms with Crippen molar-refractivity contribution in [1.82, 2.24) is 15.1 Å². The number of hydrogen-bond acceptors (Lipinski definition) is 2. The van der Waals surface area contributed by atoms with Crippen molar-refractivity contribution in [1.29, 1.82) is 0 Å². The maximum absolute atomic E-state index is 6.21. The Kier molecular flexibility index (Phi) is 4.27. The second kappa shape index (κ2) is 5.74. The quantitative estimate of drug-likeness (QED) is 0.929. The second-order valence-electron chi connectivity index (χ2n) is 4.08. The summed E-state index contributed by atoms with van der Waals surface area (Å²) in [5.41, 5.74) is 2.74. The van der Waals surface area contributed by atoms with Crippen molar-refractivity contribution in [2.75, 3.05) is 6.54 Å². The van der Waals surface area contributed by atoms with Crippen molar-refractivity contribution in [2.24, 2.45) is 0 Å². The van der Waals surface area contributed by atoms with E-state index >= 15 is 0 Å². The Balaban J connectivity index is 2.31. The molecule has 0 bridgehead atoms. The fourth-order valence-corrected chi connectivity index (χ4v) is 2.12. The number of aromatic nitrogens is 2. The molecule has 0 radical (unpaired) electrons. The Bertz CT molecular complexity index is 549. The third kappa shape index (κ3) is 2.86. The first-order chi connectivity index (χ1) is 8.61. The Labute approximate surface area is 117 Å². The third-order valence-electron chi connectivity index (χ3n) is 2.68. The second-order valence-corrected chi connectivity index (χ2v) is 4.90. The number of nitrogens with zero attached hydrogens (tertiary/aromatic N) is 2. The molecule has 0 saturated carbocycles. The van der Waals surface area contributed by atoms with Crippen LogP contribution in [0.1, 0.15) is 18.2 Å². The normalized spacial score (nSPS) is 10.9. The Hall–Kier alpha value is -1.03. The Morgan fingerprint density at radius 3 is 2.78 bits per heavy atom. The standard InChI is InChI=1S/C13H15Cl2N3/c1-3-16-8-10-4-5-18(17-10)13-7-11(14)9(2)6-12(13)15/h4-7,16H,3,8H2,1-2H3. The molecule has 3 nitrogen and oxygen atoms in total.